The number of aromatic nitrogens is 1. The highest BCUT2D eigenvalue weighted by molar-refractivity contribution is 7.09. The highest BCUT2D eigenvalue weighted by Crippen LogP contribution is 2.40. The number of piperidine rings is 1. The summed E-state index contributed by atoms with van der Waals surface area (Å²) >= 11 is 1.61. The van der Waals surface area contributed by atoms with Gasteiger partial charge in [-0.25, -0.2) is 4.98 Å². The molecule has 2 fully saturated rings. The van der Waals surface area contributed by atoms with Crippen molar-refractivity contribution in [2.75, 3.05) is 13.1 Å². The first-order chi connectivity index (χ1) is 11.8. The molecule has 24 heavy (non-hydrogen) atoms. The van der Waals surface area contributed by atoms with Crippen LogP contribution in [0, 0.1) is 5.92 Å². The van der Waals surface area contributed by atoms with Gasteiger partial charge in [0.15, 0.2) is 0 Å². The van der Waals surface area contributed by atoms with Crippen LogP contribution in [0.4, 0.5) is 0 Å². The van der Waals surface area contributed by atoms with Gasteiger partial charge in [0, 0.05) is 17.5 Å². The molecule has 1 aliphatic heterocycles. The summed E-state index contributed by atoms with van der Waals surface area (Å²) in [6.07, 6.45) is 4.72. The third kappa shape index (κ3) is 3.68. The van der Waals surface area contributed by atoms with Crippen molar-refractivity contribution in [3.63, 3.8) is 0 Å². The topological polar surface area (TPSA) is 54.0 Å². The molecular formula is C19H23N3OS. The molecule has 1 atom stereocenters. The highest BCUT2D eigenvalue weighted by atomic mass is 32.1. The van der Waals surface area contributed by atoms with Crippen LogP contribution < -0.4 is 10.6 Å². The van der Waals surface area contributed by atoms with Gasteiger partial charge in [0.2, 0.25) is 5.91 Å². The van der Waals surface area contributed by atoms with Gasteiger partial charge in [-0.05, 0) is 43.7 Å². The summed E-state index contributed by atoms with van der Waals surface area (Å²) in [4.78, 5) is 16.9. The summed E-state index contributed by atoms with van der Waals surface area (Å²) in [5.74, 6) is 1.04. The first kappa shape index (κ1) is 15.8. The summed E-state index contributed by atoms with van der Waals surface area (Å²) in [5.41, 5.74) is 3.61. The number of benzene rings is 1. The number of amides is 1. The van der Waals surface area contributed by atoms with E-state index in [1.165, 1.54) is 18.4 Å². The molecule has 4 rings (SSSR count). The van der Waals surface area contributed by atoms with Crippen LogP contribution in [0.3, 0.4) is 0 Å². The first-order valence-corrected chi connectivity index (χ1v) is 9.71. The lowest BCUT2D eigenvalue weighted by molar-refractivity contribution is -0.125. The van der Waals surface area contributed by atoms with Gasteiger partial charge in [0.25, 0.3) is 0 Å². The highest BCUT2D eigenvalue weighted by Gasteiger charge is 2.23. The van der Waals surface area contributed by atoms with Crippen molar-refractivity contribution in [1.82, 2.24) is 15.6 Å². The van der Waals surface area contributed by atoms with Crippen LogP contribution in [0.15, 0.2) is 29.6 Å². The minimum atomic E-state index is 0.105. The normalized spacial score (nSPS) is 20.8. The van der Waals surface area contributed by atoms with Crippen LogP contribution in [0.1, 0.15) is 42.2 Å². The van der Waals surface area contributed by atoms with E-state index in [1.54, 1.807) is 11.3 Å². The summed E-state index contributed by atoms with van der Waals surface area (Å²) in [6.45, 7) is 2.35. The Balaban J connectivity index is 1.34. The fraction of sp³-hybridized carbons (Fsp3) is 0.474. The largest absolute Gasteiger partial charge is 0.349 e. The van der Waals surface area contributed by atoms with Crippen molar-refractivity contribution < 1.29 is 4.79 Å². The number of carbonyl (C=O) groups is 1. The zero-order chi connectivity index (χ0) is 16.4. The Morgan fingerprint density at radius 1 is 1.25 bits per heavy atom. The average molecular weight is 341 g/mol. The lowest BCUT2D eigenvalue weighted by atomic mass is 9.99. The Labute approximate surface area is 146 Å². The molecule has 0 unspecified atom stereocenters. The summed E-state index contributed by atoms with van der Waals surface area (Å²) in [6, 6.07) is 8.78. The third-order valence-electron chi connectivity index (χ3n) is 4.89. The zero-order valence-electron chi connectivity index (χ0n) is 13.8. The molecule has 1 saturated carbocycles. The van der Waals surface area contributed by atoms with Crippen molar-refractivity contribution in [2.24, 2.45) is 5.92 Å². The second kappa shape index (κ2) is 7.03. The van der Waals surface area contributed by atoms with E-state index in [4.69, 9.17) is 0 Å². The van der Waals surface area contributed by atoms with E-state index < -0.39 is 0 Å². The molecule has 5 heteroatoms. The fourth-order valence-corrected chi connectivity index (χ4v) is 3.99. The zero-order valence-corrected chi connectivity index (χ0v) is 14.6. The fourth-order valence-electron chi connectivity index (χ4n) is 3.25. The maximum absolute atomic E-state index is 12.2. The van der Waals surface area contributed by atoms with Gasteiger partial charge < -0.3 is 10.6 Å². The molecule has 1 aliphatic carbocycles. The maximum atomic E-state index is 12.2. The molecule has 4 nitrogen and oxygen atoms in total. The smallest absolute Gasteiger partial charge is 0.224 e. The van der Waals surface area contributed by atoms with Crippen LogP contribution in [0.2, 0.25) is 0 Å². The van der Waals surface area contributed by atoms with Gasteiger partial charge in [-0.3, -0.25) is 4.79 Å². The molecule has 1 aromatic carbocycles. The number of nitrogens with zero attached hydrogens (tertiary/aromatic N) is 1. The van der Waals surface area contributed by atoms with Crippen LogP contribution in [-0.4, -0.2) is 24.0 Å². The van der Waals surface area contributed by atoms with Crippen molar-refractivity contribution in [2.45, 2.75) is 38.1 Å². The van der Waals surface area contributed by atoms with Crippen LogP contribution in [0.5, 0.6) is 0 Å². The first-order valence-electron chi connectivity index (χ1n) is 8.83. The van der Waals surface area contributed by atoms with E-state index in [1.807, 2.05) is 0 Å². The van der Waals surface area contributed by atoms with Crippen molar-refractivity contribution in [1.29, 1.82) is 0 Å². The van der Waals surface area contributed by atoms with Crippen molar-refractivity contribution in [3.05, 3.63) is 40.2 Å². The number of nitrogens with one attached hydrogen (secondary N) is 2. The molecule has 2 heterocycles. The van der Waals surface area contributed by atoms with Gasteiger partial charge in [-0.2, -0.15) is 0 Å². The van der Waals surface area contributed by atoms with Crippen molar-refractivity contribution >= 4 is 17.2 Å². The summed E-state index contributed by atoms with van der Waals surface area (Å²) < 4.78 is 0. The molecule has 2 aromatic rings. The molecule has 0 radical (unpaired) electrons. The van der Waals surface area contributed by atoms with Crippen LogP contribution in [-0.2, 0) is 11.3 Å². The number of thiazole rings is 1. The maximum Gasteiger partial charge on any atom is 0.224 e. The van der Waals surface area contributed by atoms with E-state index in [-0.39, 0.29) is 11.8 Å². The van der Waals surface area contributed by atoms with Gasteiger partial charge in [0.1, 0.15) is 5.01 Å². The SMILES string of the molecule is O=C(NCc1nc(-c2ccc(C3CC3)cc2)cs1)[C@H]1CCCNC1. The Morgan fingerprint density at radius 2 is 2.08 bits per heavy atom. The van der Waals surface area contributed by atoms with E-state index in [0.717, 1.165) is 48.1 Å². The van der Waals surface area contributed by atoms with E-state index in [0.29, 0.717) is 6.54 Å². The Kier molecular flexibility index (Phi) is 4.63. The van der Waals surface area contributed by atoms with Gasteiger partial charge >= 0.3 is 0 Å². The molecule has 2 N–H and O–H groups in total. The Hall–Kier alpha value is -1.72. The monoisotopic (exact) mass is 341 g/mol. The van der Waals surface area contributed by atoms with E-state index in [2.05, 4.69) is 45.3 Å². The molecule has 1 saturated heterocycles. The predicted molar refractivity (Wildman–Crippen MR) is 97.0 cm³/mol. The third-order valence-corrected chi connectivity index (χ3v) is 5.74. The molecular weight excluding hydrogens is 318 g/mol. The second-order valence-electron chi connectivity index (χ2n) is 6.78. The molecule has 0 spiro atoms. The number of rotatable bonds is 5. The van der Waals surface area contributed by atoms with E-state index >= 15 is 0 Å². The molecule has 1 amide bonds. The molecule has 0 bridgehead atoms. The molecule has 2 aliphatic rings. The quantitative estimate of drug-likeness (QED) is 0.877. The second-order valence-corrected chi connectivity index (χ2v) is 7.73. The molecule has 126 valence electrons. The number of hydrogen-bond donors (Lipinski definition) is 2. The summed E-state index contributed by atoms with van der Waals surface area (Å²) in [5, 5.41) is 9.36. The lowest BCUT2D eigenvalue weighted by Crippen LogP contribution is -2.40. The number of carbonyl (C=O) groups excluding carboxylic acids is 1. The average Bonchev–Trinajstić information content (AvgIpc) is 3.39. The van der Waals surface area contributed by atoms with Crippen LogP contribution >= 0.6 is 11.3 Å². The molecule has 1 aromatic heterocycles. The summed E-state index contributed by atoms with van der Waals surface area (Å²) in [7, 11) is 0. The van der Waals surface area contributed by atoms with Gasteiger partial charge in [-0.1, -0.05) is 24.3 Å². The predicted octanol–water partition coefficient (Wildman–Crippen LogP) is 3.30. The minimum absolute atomic E-state index is 0.105. The Bertz CT molecular complexity index is 700. The number of hydrogen-bond acceptors (Lipinski definition) is 4. The minimum Gasteiger partial charge on any atom is -0.349 e. The van der Waals surface area contributed by atoms with Gasteiger partial charge in [-0.15, -0.1) is 11.3 Å². The lowest BCUT2D eigenvalue weighted by Gasteiger charge is -2.21. The standard InChI is InChI=1S/C19H23N3OS/c23-19(16-2-1-9-20-10-16)21-11-18-22-17(12-24-18)15-7-5-14(6-8-15)13-3-4-13/h5-8,12-13,16,20H,1-4,9-11H2,(H,21,23)/t16-/m0/s1. The van der Waals surface area contributed by atoms with Gasteiger partial charge in [0.05, 0.1) is 18.2 Å². The van der Waals surface area contributed by atoms with E-state index in [9.17, 15) is 4.79 Å². The van der Waals surface area contributed by atoms with Crippen molar-refractivity contribution in [3.8, 4) is 11.3 Å². The van der Waals surface area contributed by atoms with Crippen LogP contribution in [0.25, 0.3) is 11.3 Å². The Morgan fingerprint density at radius 3 is 2.79 bits per heavy atom.